The van der Waals surface area contributed by atoms with Crippen molar-refractivity contribution in [3.63, 3.8) is 0 Å². The Hall–Kier alpha value is -1.16. The van der Waals surface area contributed by atoms with Crippen molar-refractivity contribution < 1.29 is 9.53 Å². The van der Waals surface area contributed by atoms with Gasteiger partial charge in [0, 0.05) is 38.8 Å². The summed E-state index contributed by atoms with van der Waals surface area (Å²) in [6.45, 7) is 7.88. The lowest BCUT2D eigenvalue weighted by Crippen LogP contribution is -2.60. The van der Waals surface area contributed by atoms with Crippen molar-refractivity contribution in [2.24, 2.45) is 0 Å². The molecule has 19 heavy (non-hydrogen) atoms. The standard InChI is InChI=1S/C13H22N4O2/c1-11-10-15-12(2-3-14)13(18)17(11)5-4-16-6-8-19-9-7-16/h11-12,15H,2,4-10H2,1H3. The lowest BCUT2D eigenvalue weighted by atomic mass is 10.1. The number of carbonyl (C=O) groups excluding carboxylic acids is 1. The van der Waals surface area contributed by atoms with E-state index < -0.39 is 0 Å². The van der Waals surface area contributed by atoms with E-state index in [1.165, 1.54) is 0 Å². The van der Waals surface area contributed by atoms with Gasteiger partial charge in [-0.05, 0) is 6.92 Å². The van der Waals surface area contributed by atoms with Crippen molar-refractivity contribution in [2.45, 2.75) is 25.4 Å². The van der Waals surface area contributed by atoms with Gasteiger partial charge in [-0.3, -0.25) is 9.69 Å². The molecule has 2 unspecified atom stereocenters. The van der Waals surface area contributed by atoms with Crippen molar-refractivity contribution >= 4 is 5.91 Å². The molecule has 0 bridgehead atoms. The number of hydrogen-bond donors (Lipinski definition) is 1. The molecule has 0 radical (unpaired) electrons. The topological polar surface area (TPSA) is 68.6 Å². The summed E-state index contributed by atoms with van der Waals surface area (Å²) in [7, 11) is 0. The number of nitrogens with zero attached hydrogens (tertiary/aromatic N) is 3. The summed E-state index contributed by atoms with van der Waals surface area (Å²) >= 11 is 0. The molecular formula is C13H22N4O2. The lowest BCUT2D eigenvalue weighted by Gasteiger charge is -2.39. The van der Waals surface area contributed by atoms with Crippen LogP contribution in [0.2, 0.25) is 0 Å². The lowest BCUT2D eigenvalue weighted by molar-refractivity contribution is -0.138. The minimum atomic E-state index is -0.328. The van der Waals surface area contributed by atoms with Gasteiger partial charge >= 0.3 is 0 Å². The Morgan fingerprint density at radius 2 is 2.16 bits per heavy atom. The fourth-order valence-corrected chi connectivity index (χ4v) is 2.58. The Balaban J connectivity index is 1.85. The summed E-state index contributed by atoms with van der Waals surface area (Å²) in [6, 6.07) is 1.94. The molecule has 2 aliphatic heterocycles. The van der Waals surface area contributed by atoms with Crippen LogP contribution in [-0.4, -0.2) is 73.7 Å². The summed E-state index contributed by atoms with van der Waals surface area (Å²) in [5, 5.41) is 11.9. The molecule has 2 rings (SSSR count). The van der Waals surface area contributed by atoms with Gasteiger partial charge in [-0.2, -0.15) is 5.26 Å². The number of nitriles is 1. The first-order valence-corrected chi connectivity index (χ1v) is 6.93. The van der Waals surface area contributed by atoms with Crippen molar-refractivity contribution in [3.8, 4) is 6.07 Å². The van der Waals surface area contributed by atoms with Crippen LogP contribution >= 0.6 is 0 Å². The number of piperazine rings is 1. The number of nitrogens with one attached hydrogen (secondary N) is 1. The predicted octanol–water partition coefficient (Wildman–Crippen LogP) is -0.579. The number of ether oxygens (including phenoxy) is 1. The molecule has 2 saturated heterocycles. The average Bonchev–Trinajstić information content (AvgIpc) is 2.43. The van der Waals surface area contributed by atoms with Gasteiger partial charge in [-0.15, -0.1) is 0 Å². The predicted molar refractivity (Wildman–Crippen MR) is 70.5 cm³/mol. The maximum absolute atomic E-state index is 12.3. The van der Waals surface area contributed by atoms with E-state index in [9.17, 15) is 4.79 Å². The highest BCUT2D eigenvalue weighted by Gasteiger charge is 2.32. The zero-order valence-electron chi connectivity index (χ0n) is 11.5. The molecule has 0 aromatic carbocycles. The molecule has 0 spiro atoms. The molecule has 0 aliphatic carbocycles. The van der Waals surface area contributed by atoms with E-state index in [4.69, 9.17) is 10.00 Å². The fourth-order valence-electron chi connectivity index (χ4n) is 2.58. The highest BCUT2D eigenvalue weighted by atomic mass is 16.5. The largest absolute Gasteiger partial charge is 0.379 e. The third-order valence-electron chi connectivity index (χ3n) is 3.83. The normalized spacial score (nSPS) is 29.3. The number of rotatable bonds is 4. The Kier molecular flexibility index (Phi) is 5.14. The molecular weight excluding hydrogens is 244 g/mol. The second kappa shape index (κ2) is 6.85. The van der Waals surface area contributed by atoms with Crippen LogP contribution in [0.4, 0.5) is 0 Å². The van der Waals surface area contributed by atoms with E-state index in [1.807, 2.05) is 11.8 Å². The van der Waals surface area contributed by atoms with Crippen LogP contribution in [0.25, 0.3) is 0 Å². The molecule has 106 valence electrons. The molecule has 0 aromatic heterocycles. The Morgan fingerprint density at radius 3 is 2.84 bits per heavy atom. The first-order valence-electron chi connectivity index (χ1n) is 6.93. The molecule has 0 aromatic rings. The van der Waals surface area contributed by atoms with Crippen LogP contribution in [0.1, 0.15) is 13.3 Å². The molecule has 1 amide bonds. The number of amides is 1. The first kappa shape index (κ1) is 14.3. The van der Waals surface area contributed by atoms with Crippen LogP contribution in [0, 0.1) is 11.3 Å². The second-order valence-electron chi connectivity index (χ2n) is 5.16. The molecule has 6 nitrogen and oxygen atoms in total. The number of hydrogen-bond acceptors (Lipinski definition) is 5. The van der Waals surface area contributed by atoms with Gasteiger partial charge in [-0.25, -0.2) is 0 Å². The van der Waals surface area contributed by atoms with Crippen LogP contribution in [0.5, 0.6) is 0 Å². The van der Waals surface area contributed by atoms with Gasteiger partial charge in [-0.1, -0.05) is 0 Å². The van der Waals surface area contributed by atoms with Gasteiger partial charge in [0.15, 0.2) is 0 Å². The SMILES string of the molecule is CC1CNC(CC#N)C(=O)N1CCN1CCOCC1. The molecule has 1 N–H and O–H groups in total. The summed E-state index contributed by atoms with van der Waals surface area (Å²) in [6.07, 6.45) is 0.250. The van der Waals surface area contributed by atoms with Gasteiger partial charge < -0.3 is 15.0 Å². The van der Waals surface area contributed by atoms with Gasteiger partial charge in [0.25, 0.3) is 0 Å². The molecule has 2 aliphatic rings. The maximum atomic E-state index is 12.3. The summed E-state index contributed by atoms with van der Waals surface area (Å²) in [4.78, 5) is 16.5. The molecule has 6 heteroatoms. The zero-order chi connectivity index (χ0) is 13.7. The van der Waals surface area contributed by atoms with E-state index in [-0.39, 0.29) is 24.4 Å². The van der Waals surface area contributed by atoms with Gasteiger partial charge in [0.05, 0.1) is 25.7 Å². The van der Waals surface area contributed by atoms with Crippen LogP contribution < -0.4 is 5.32 Å². The third kappa shape index (κ3) is 3.66. The summed E-state index contributed by atoms with van der Waals surface area (Å²) in [5.41, 5.74) is 0. The second-order valence-corrected chi connectivity index (χ2v) is 5.16. The van der Waals surface area contributed by atoms with E-state index >= 15 is 0 Å². The number of morpholine rings is 1. The quantitative estimate of drug-likeness (QED) is 0.737. The van der Waals surface area contributed by atoms with Crippen LogP contribution in [-0.2, 0) is 9.53 Å². The molecule has 2 fully saturated rings. The summed E-state index contributed by atoms with van der Waals surface area (Å²) in [5.74, 6) is 0.0635. The molecule has 2 heterocycles. The van der Waals surface area contributed by atoms with E-state index in [0.717, 1.165) is 45.9 Å². The van der Waals surface area contributed by atoms with Crippen molar-refractivity contribution in [1.82, 2.24) is 15.1 Å². The molecule has 2 atom stereocenters. The minimum Gasteiger partial charge on any atom is -0.379 e. The average molecular weight is 266 g/mol. The van der Waals surface area contributed by atoms with Crippen molar-refractivity contribution in [2.75, 3.05) is 45.9 Å². The van der Waals surface area contributed by atoms with Crippen LogP contribution in [0.3, 0.4) is 0 Å². The monoisotopic (exact) mass is 266 g/mol. The van der Waals surface area contributed by atoms with Gasteiger partial charge in [0.2, 0.25) is 5.91 Å². The Bertz CT molecular complexity index is 349. The highest BCUT2D eigenvalue weighted by Crippen LogP contribution is 2.11. The Morgan fingerprint density at radius 1 is 1.42 bits per heavy atom. The molecule has 0 saturated carbocycles. The van der Waals surface area contributed by atoms with E-state index in [0.29, 0.717) is 0 Å². The first-order chi connectivity index (χ1) is 9.22. The third-order valence-corrected chi connectivity index (χ3v) is 3.83. The van der Waals surface area contributed by atoms with Gasteiger partial charge in [0.1, 0.15) is 6.04 Å². The summed E-state index contributed by atoms with van der Waals surface area (Å²) < 4.78 is 5.31. The van der Waals surface area contributed by atoms with Crippen molar-refractivity contribution in [3.05, 3.63) is 0 Å². The smallest absolute Gasteiger partial charge is 0.241 e. The van der Waals surface area contributed by atoms with Crippen molar-refractivity contribution in [1.29, 1.82) is 5.26 Å². The van der Waals surface area contributed by atoms with E-state index in [2.05, 4.69) is 16.3 Å². The maximum Gasteiger partial charge on any atom is 0.241 e. The minimum absolute atomic E-state index is 0.0635. The fraction of sp³-hybridized carbons (Fsp3) is 0.846. The number of carbonyl (C=O) groups is 1. The zero-order valence-corrected chi connectivity index (χ0v) is 11.5. The van der Waals surface area contributed by atoms with Crippen LogP contribution in [0.15, 0.2) is 0 Å². The van der Waals surface area contributed by atoms with E-state index in [1.54, 1.807) is 0 Å². The Labute approximate surface area is 114 Å². The highest BCUT2D eigenvalue weighted by molar-refractivity contribution is 5.83.